The highest BCUT2D eigenvalue weighted by molar-refractivity contribution is 7.94. The van der Waals surface area contributed by atoms with Crippen LogP contribution in [0.1, 0.15) is 12.5 Å². The van der Waals surface area contributed by atoms with Gasteiger partial charge in [-0.3, -0.25) is 4.79 Å². The third-order valence-electron chi connectivity index (χ3n) is 4.39. The van der Waals surface area contributed by atoms with Gasteiger partial charge in [0.05, 0.1) is 22.3 Å². The minimum absolute atomic E-state index is 0.0294. The molecule has 9 heteroatoms. The molecular weight excluding hydrogens is 388 g/mol. The summed E-state index contributed by atoms with van der Waals surface area (Å²) in [5.41, 5.74) is 0.997. The minimum atomic E-state index is -3.75. The van der Waals surface area contributed by atoms with E-state index in [4.69, 9.17) is 0 Å². The quantitative estimate of drug-likeness (QED) is 0.753. The molecular formula is C18H20N2O5S2. The summed E-state index contributed by atoms with van der Waals surface area (Å²) in [6.45, 7) is 1.76. The first kappa shape index (κ1) is 19.5. The third kappa shape index (κ3) is 3.76. The number of sulfonamides is 2. The normalized spacial score (nSPS) is 19.6. The van der Waals surface area contributed by atoms with E-state index in [-0.39, 0.29) is 22.9 Å². The molecule has 1 amide bonds. The summed E-state index contributed by atoms with van der Waals surface area (Å²) in [7, 11) is -5.99. The summed E-state index contributed by atoms with van der Waals surface area (Å²) in [5.74, 6) is -1.37. The van der Waals surface area contributed by atoms with Gasteiger partial charge in [0.15, 0.2) is 0 Å². The van der Waals surface area contributed by atoms with Crippen LogP contribution in [0.2, 0.25) is 0 Å². The van der Waals surface area contributed by atoms with Crippen LogP contribution in [0.4, 0.5) is 5.69 Å². The van der Waals surface area contributed by atoms with E-state index in [1.807, 2.05) is 30.3 Å². The standard InChI is InChI=1S/C18H20N2O5S2/c1-14-13-26(22,23)20(18(14)21)16-8-10-17(11-9-16)27(24,25)19(2)12-15-6-4-3-5-7-15/h3-11,14H,12-13H2,1-2H3/t14-/m0/s1. The number of carbonyl (C=O) groups excluding carboxylic acids is 1. The van der Waals surface area contributed by atoms with Crippen LogP contribution in [0.3, 0.4) is 0 Å². The lowest BCUT2D eigenvalue weighted by molar-refractivity contribution is -0.119. The molecule has 0 N–H and O–H groups in total. The van der Waals surface area contributed by atoms with Crippen LogP contribution in [0.15, 0.2) is 59.5 Å². The second-order valence-corrected chi connectivity index (χ2v) is 10.4. The molecule has 7 nitrogen and oxygen atoms in total. The van der Waals surface area contributed by atoms with Crippen molar-refractivity contribution in [1.29, 1.82) is 0 Å². The molecule has 27 heavy (non-hydrogen) atoms. The zero-order chi connectivity index (χ0) is 19.8. The Morgan fingerprint density at radius 1 is 1.07 bits per heavy atom. The number of anilines is 1. The zero-order valence-corrected chi connectivity index (χ0v) is 16.6. The van der Waals surface area contributed by atoms with E-state index in [9.17, 15) is 21.6 Å². The first-order chi connectivity index (χ1) is 12.6. The molecule has 0 spiro atoms. The van der Waals surface area contributed by atoms with Crippen LogP contribution in [-0.2, 0) is 31.4 Å². The van der Waals surface area contributed by atoms with E-state index in [2.05, 4.69) is 0 Å². The van der Waals surface area contributed by atoms with Crippen molar-refractivity contribution in [2.24, 2.45) is 5.92 Å². The number of carbonyl (C=O) groups is 1. The Morgan fingerprint density at radius 2 is 1.67 bits per heavy atom. The van der Waals surface area contributed by atoms with Gasteiger partial charge in [-0.2, -0.15) is 4.31 Å². The van der Waals surface area contributed by atoms with Gasteiger partial charge in [0.25, 0.3) is 0 Å². The Bertz CT molecular complexity index is 1050. The van der Waals surface area contributed by atoms with Crippen LogP contribution >= 0.6 is 0 Å². The molecule has 0 radical (unpaired) electrons. The summed E-state index contributed by atoms with van der Waals surface area (Å²) >= 11 is 0. The highest BCUT2D eigenvalue weighted by atomic mass is 32.2. The lowest BCUT2D eigenvalue weighted by Crippen LogP contribution is -2.30. The third-order valence-corrected chi connectivity index (χ3v) is 8.07. The van der Waals surface area contributed by atoms with Gasteiger partial charge >= 0.3 is 0 Å². The molecule has 1 saturated heterocycles. The number of benzene rings is 2. The maximum absolute atomic E-state index is 12.7. The molecule has 0 aliphatic carbocycles. The molecule has 2 aromatic carbocycles. The molecule has 1 fully saturated rings. The lowest BCUT2D eigenvalue weighted by Gasteiger charge is -2.19. The van der Waals surface area contributed by atoms with E-state index in [0.717, 1.165) is 9.87 Å². The van der Waals surface area contributed by atoms with Crippen molar-refractivity contribution in [2.75, 3.05) is 17.1 Å². The van der Waals surface area contributed by atoms with Crippen LogP contribution in [0.5, 0.6) is 0 Å². The lowest BCUT2D eigenvalue weighted by atomic mass is 10.2. The molecule has 0 unspecified atom stereocenters. The Morgan fingerprint density at radius 3 is 2.19 bits per heavy atom. The Balaban J connectivity index is 1.85. The molecule has 1 heterocycles. The summed E-state index contributed by atoms with van der Waals surface area (Å²) in [4.78, 5) is 12.2. The topological polar surface area (TPSA) is 91.8 Å². The molecule has 144 valence electrons. The smallest absolute Gasteiger partial charge is 0.244 e. The van der Waals surface area contributed by atoms with Crippen molar-refractivity contribution in [1.82, 2.24) is 4.31 Å². The predicted molar refractivity (Wildman–Crippen MR) is 102 cm³/mol. The Hall–Kier alpha value is -2.23. The SMILES string of the molecule is C[C@H]1CS(=O)(=O)N(c2ccc(S(=O)(=O)N(C)Cc3ccccc3)cc2)C1=O. The van der Waals surface area contributed by atoms with Gasteiger partial charge in [0, 0.05) is 13.6 Å². The second-order valence-electron chi connectivity index (χ2n) is 6.52. The summed E-state index contributed by atoms with van der Waals surface area (Å²) < 4.78 is 51.8. The van der Waals surface area contributed by atoms with Crippen LogP contribution in [0.25, 0.3) is 0 Å². The van der Waals surface area contributed by atoms with Gasteiger partial charge in [-0.05, 0) is 29.8 Å². The van der Waals surface area contributed by atoms with E-state index in [0.29, 0.717) is 0 Å². The van der Waals surface area contributed by atoms with Gasteiger partial charge in [0.2, 0.25) is 26.0 Å². The van der Waals surface area contributed by atoms with Crippen molar-refractivity contribution in [3.63, 3.8) is 0 Å². The maximum atomic E-state index is 12.7. The molecule has 1 aliphatic heterocycles. The second kappa shape index (κ2) is 7.06. The summed E-state index contributed by atoms with van der Waals surface area (Å²) in [6.07, 6.45) is 0. The van der Waals surface area contributed by atoms with Gasteiger partial charge in [-0.1, -0.05) is 37.3 Å². The first-order valence-electron chi connectivity index (χ1n) is 8.30. The maximum Gasteiger partial charge on any atom is 0.244 e. The molecule has 3 rings (SSSR count). The predicted octanol–water partition coefficient (Wildman–Crippen LogP) is 1.82. The van der Waals surface area contributed by atoms with Gasteiger partial charge in [0.1, 0.15) is 0 Å². The van der Waals surface area contributed by atoms with Crippen molar-refractivity contribution in [2.45, 2.75) is 18.4 Å². The molecule has 0 bridgehead atoms. The highest BCUT2D eigenvalue weighted by Gasteiger charge is 2.42. The van der Waals surface area contributed by atoms with E-state index >= 15 is 0 Å². The number of amides is 1. The van der Waals surface area contributed by atoms with Gasteiger partial charge in [-0.15, -0.1) is 0 Å². The zero-order valence-electron chi connectivity index (χ0n) is 14.9. The molecule has 1 aliphatic rings. The van der Waals surface area contributed by atoms with Crippen LogP contribution in [0, 0.1) is 5.92 Å². The summed E-state index contributed by atoms with van der Waals surface area (Å²) in [6, 6.07) is 14.5. The number of rotatable bonds is 5. The van der Waals surface area contributed by atoms with E-state index in [1.165, 1.54) is 35.6 Å². The molecule has 2 aromatic rings. The summed E-state index contributed by atoms with van der Waals surface area (Å²) in [5, 5.41) is 0. The minimum Gasteiger partial charge on any atom is -0.273 e. The fourth-order valence-electron chi connectivity index (χ4n) is 2.95. The van der Waals surface area contributed by atoms with Crippen molar-refractivity contribution < 1.29 is 21.6 Å². The monoisotopic (exact) mass is 408 g/mol. The van der Waals surface area contributed by atoms with Gasteiger partial charge < -0.3 is 0 Å². The average Bonchev–Trinajstić information content (AvgIpc) is 2.83. The molecule has 0 aromatic heterocycles. The number of nitrogens with zero attached hydrogens (tertiary/aromatic N) is 2. The van der Waals surface area contributed by atoms with Crippen molar-refractivity contribution >= 4 is 31.6 Å². The Labute approximate surface area is 159 Å². The Kier molecular flexibility index (Phi) is 5.11. The number of hydrogen-bond acceptors (Lipinski definition) is 5. The van der Waals surface area contributed by atoms with Crippen molar-refractivity contribution in [3.05, 3.63) is 60.2 Å². The van der Waals surface area contributed by atoms with E-state index < -0.39 is 31.9 Å². The fourth-order valence-corrected chi connectivity index (χ4v) is 5.93. The van der Waals surface area contributed by atoms with Crippen LogP contribution in [-0.4, -0.2) is 39.8 Å². The molecule has 0 saturated carbocycles. The van der Waals surface area contributed by atoms with Gasteiger partial charge in [-0.25, -0.2) is 21.1 Å². The number of hydrogen-bond donors (Lipinski definition) is 0. The van der Waals surface area contributed by atoms with Crippen LogP contribution < -0.4 is 4.31 Å². The fraction of sp³-hybridized carbons (Fsp3) is 0.278. The first-order valence-corrected chi connectivity index (χ1v) is 11.3. The molecule has 1 atom stereocenters. The van der Waals surface area contributed by atoms with Crippen molar-refractivity contribution in [3.8, 4) is 0 Å². The highest BCUT2D eigenvalue weighted by Crippen LogP contribution is 2.29. The largest absolute Gasteiger partial charge is 0.273 e. The van der Waals surface area contributed by atoms with E-state index in [1.54, 1.807) is 6.92 Å². The average molecular weight is 409 g/mol.